The molecule has 11 heteroatoms. The van der Waals surface area contributed by atoms with Crippen LogP contribution in [0.3, 0.4) is 0 Å². The van der Waals surface area contributed by atoms with E-state index in [1.165, 1.54) is 0 Å². The van der Waals surface area contributed by atoms with Crippen LogP contribution in [0.5, 0.6) is 11.5 Å². The van der Waals surface area contributed by atoms with Crippen LogP contribution >= 0.6 is 0 Å². The zero-order valence-corrected chi connectivity index (χ0v) is 17.9. The fourth-order valence-corrected chi connectivity index (χ4v) is 4.05. The summed E-state index contributed by atoms with van der Waals surface area (Å²) in [6, 6.07) is 0.785. The minimum atomic E-state index is -4.69. The minimum absolute atomic E-state index is 0.0772. The molecule has 2 aromatic rings. The Morgan fingerprint density at radius 3 is 1.94 bits per heavy atom. The van der Waals surface area contributed by atoms with Crippen molar-refractivity contribution in [2.45, 2.75) is 57.7 Å². The van der Waals surface area contributed by atoms with Crippen LogP contribution in [0.4, 0.5) is 39.5 Å². The van der Waals surface area contributed by atoms with Gasteiger partial charge in [-0.3, -0.25) is 0 Å². The zero-order valence-electron chi connectivity index (χ0n) is 17.9. The highest BCUT2D eigenvalue weighted by atomic mass is 19.3. The Kier molecular flexibility index (Phi) is 7.62. The highest BCUT2D eigenvalue weighted by Gasteiger charge is 2.45. The van der Waals surface area contributed by atoms with Gasteiger partial charge < -0.3 is 9.47 Å². The largest absolute Gasteiger partial charge is 0.429 e. The molecule has 0 aromatic heterocycles. The van der Waals surface area contributed by atoms with E-state index in [2.05, 4.69) is 9.47 Å². The van der Waals surface area contributed by atoms with Gasteiger partial charge in [0.15, 0.2) is 29.0 Å². The molecular formula is C23H21F9O2. The third-order valence-corrected chi connectivity index (χ3v) is 5.83. The normalized spacial score (nSPS) is 19.2. The summed E-state index contributed by atoms with van der Waals surface area (Å²) in [6.45, 7) is 1.98. The van der Waals surface area contributed by atoms with Crippen LogP contribution in [-0.4, -0.2) is 6.11 Å². The van der Waals surface area contributed by atoms with Gasteiger partial charge in [-0.15, -0.1) is 0 Å². The SMILES string of the molecule is CCCC1CCC(C(F)(F)Oc2ccc(C(F)(F)Oc3cc(F)c(F)c(F)c3)c(F)c2F)CC1. The summed E-state index contributed by atoms with van der Waals surface area (Å²) in [5.74, 6) is -13.5. The van der Waals surface area contributed by atoms with Crippen LogP contribution in [0, 0.1) is 40.9 Å². The lowest BCUT2D eigenvalue weighted by atomic mass is 9.79. The molecule has 1 aliphatic carbocycles. The van der Waals surface area contributed by atoms with Gasteiger partial charge in [-0.25, -0.2) is 17.6 Å². The molecule has 1 fully saturated rings. The molecule has 0 unspecified atom stereocenters. The third kappa shape index (κ3) is 5.55. The number of ether oxygens (including phenoxy) is 2. The van der Waals surface area contributed by atoms with Crippen molar-refractivity contribution in [1.29, 1.82) is 0 Å². The summed E-state index contributed by atoms with van der Waals surface area (Å²) in [6.07, 6.45) is -5.48. The highest BCUT2D eigenvalue weighted by molar-refractivity contribution is 5.34. The van der Waals surface area contributed by atoms with E-state index < -0.39 is 64.3 Å². The first kappa shape index (κ1) is 26.0. The first-order valence-electron chi connectivity index (χ1n) is 10.6. The number of hydrogen-bond acceptors (Lipinski definition) is 2. The molecule has 188 valence electrons. The zero-order chi connectivity index (χ0) is 25.3. The summed E-state index contributed by atoms with van der Waals surface area (Å²) in [5, 5.41) is 0. The fourth-order valence-electron chi connectivity index (χ4n) is 4.05. The Balaban J connectivity index is 1.77. The molecule has 1 saturated carbocycles. The Bertz CT molecular complexity index is 995. The number of benzene rings is 2. The van der Waals surface area contributed by atoms with Gasteiger partial charge in [0.25, 0.3) is 0 Å². The maximum atomic E-state index is 14.6. The molecule has 2 nitrogen and oxygen atoms in total. The average molecular weight is 500 g/mol. The maximum absolute atomic E-state index is 14.6. The molecule has 3 rings (SSSR count). The second-order valence-electron chi connectivity index (χ2n) is 8.23. The van der Waals surface area contributed by atoms with Gasteiger partial charge in [0.1, 0.15) is 11.3 Å². The third-order valence-electron chi connectivity index (χ3n) is 5.83. The van der Waals surface area contributed by atoms with E-state index in [-0.39, 0.29) is 31.0 Å². The maximum Gasteiger partial charge on any atom is 0.429 e. The number of alkyl halides is 4. The van der Waals surface area contributed by atoms with Crippen LogP contribution in [0.15, 0.2) is 24.3 Å². The fraction of sp³-hybridized carbons (Fsp3) is 0.478. The standard InChI is InChI=1S/C23H21F9O2/c1-2-3-12-4-6-13(7-5-12)22(29,30)34-18-9-8-15(19(26)21(18)28)23(31,32)33-14-10-16(24)20(27)17(25)11-14/h8-13H,2-7H2,1H3. The molecule has 0 radical (unpaired) electrons. The van der Waals surface area contributed by atoms with Crippen LogP contribution in [0.2, 0.25) is 0 Å². The first-order chi connectivity index (χ1) is 15.9. The predicted octanol–water partition coefficient (Wildman–Crippen LogP) is 8.09. The van der Waals surface area contributed by atoms with Gasteiger partial charge in [0.05, 0.1) is 5.92 Å². The molecular weight excluding hydrogens is 479 g/mol. The van der Waals surface area contributed by atoms with Crippen molar-refractivity contribution in [1.82, 2.24) is 0 Å². The lowest BCUT2D eigenvalue weighted by Gasteiger charge is -2.33. The summed E-state index contributed by atoms with van der Waals surface area (Å²) in [7, 11) is 0. The number of hydrogen-bond donors (Lipinski definition) is 0. The van der Waals surface area contributed by atoms with Crippen molar-refractivity contribution in [3.8, 4) is 11.5 Å². The van der Waals surface area contributed by atoms with Crippen molar-refractivity contribution >= 4 is 0 Å². The van der Waals surface area contributed by atoms with Crippen LogP contribution in [0.25, 0.3) is 0 Å². The van der Waals surface area contributed by atoms with Crippen LogP contribution < -0.4 is 9.47 Å². The van der Waals surface area contributed by atoms with E-state index in [1.54, 1.807) is 0 Å². The van der Waals surface area contributed by atoms with E-state index in [0.29, 0.717) is 24.8 Å². The molecule has 2 aromatic carbocycles. The van der Waals surface area contributed by atoms with Gasteiger partial charge in [0, 0.05) is 12.1 Å². The van der Waals surface area contributed by atoms with E-state index in [4.69, 9.17) is 0 Å². The van der Waals surface area contributed by atoms with Crippen molar-refractivity contribution < 1.29 is 49.0 Å². The Morgan fingerprint density at radius 1 is 0.794 bits per heavy atom. The topological polar surface area (TPSA) is 18.5 Å². The molecule has 0 heterocycles. The molecule has 1 aliphatic rings. The van der Waals surface area contributed by atoms with Crippen molar-refractivity contribution in [3.63, 3.8) is 0 Å². The Morgan fingerprint density at radius 2 is 1.38 bits per heavy atom. The van der Waals surface area contributed by atoms with Crippen molar-refractivity contribution in [2.75, 3.05) is 0 Å². The van der Waals surface area contributed by atoms with E-state index in [1.807, 2.05) is 6.92 Å². The quantitative estimate of drug-likeness (QED) is 0.269. The molecule has 0 saturated heterocycles. The number of halogens is 9. The van der Waals surface area contributed by atoms with Crippen LogP contribution in [0.1, 0.15) is 51.0 Å². The van der Waals surface area contributed by atoms with Gasteiger partial charge in [-0.1, -0.05) is 19.8 Å². The van der Waals surface area contributed by atoms with Crippen LogP contribution in [-0.2, 0) is 6.11 Å². The van der Waals surface area contributed by atoms with Gasteiger partial charge in [-0.2, -0.15) is 22.0 Å². The second kappa shape index (κ2) is 9.95. The van der Waals surface area contributed by atoms with Gasteiger partial charge >= 0.3 is 12.2 Å². The second-order valence-corrected chi connectivity index (χ2v) is 8.23. The summed E-state index contributed by atoms with van der Waals surface area (Å²) < 4.78 is 134. The molecule has 34 heavy (non-hydrogen) atoms. The molecule has 0 spiro atoms. The minimum Gasteiger partial charge on any atom is -0.429 e. The smallest absolute Gasteiger partial charge is 0.429 e. The lowest BCUT2D eigenvalue weighted by molar-refractivity contribution is -0.225. The molecule has 0 bridgehead atoms. The summed E-state index contributed by atoms with van der Waals surface area (Å²) >= 11 is 0. The predicted molar refractivity (Wildman–Crippen MR) is 103 cm³/mol. The van der Waals surface area contributed by atoms with E-state index in [9.17, 15) is 39.5 Å². The Labute approximate surface area is 189 Å². The van der Waals surface area contributed by atoms with E-state index in [0.717, 1.165) is 12.8 Å². The highest BCUT2D eigenvalue weighted by Crippen LogP contribution is 2.43. The van der Waals surface area contributed by atoms with E-state index >= 15 is 0 Å². The molecule has 0 atom stereocenters. The number of rotatable bonds is 8. The monoisotopic (exact) mass is 500 g/mol. The molecule has 0 N–H and O–H groups in total. The van der Waals surface area contributed by atoms with Crippen molar-refractivity contribution in [2.24, 2.45) is 11.8 Å². The summed E-state index contributed by atoms with van der Waals surface area (Å²) in [4.78, 5) is 0. The first-order valence-corrected chi connectivity index (χ1v) is 10.6. The average Bonchev–Trinajstić information content (AvgIpc) is 2.75. The molecule has 0 amide bonds. The summed E-state index contributed by atoms with van der Waals surface area (Å²) in [5.41, 5.74) is -1.74. The molecule has 0 aliphatic heterocycles. The van der Waals surface area contributed by atoms with Gasteiger partial charge in [-0.05, 0) is 43.7 Å². The van der Waals surface area contributed by atoms with Gasteiger partial charge in [0.2, 0.25) is 5.82 Å². The Hall–Kier alpha value is -2.59. The van der Waals surface area contributed by atoms with Crippen molar-refractivity contribution in [3.05, 3.63) is 58.9 Å². The lowest BCUT2D eigenvalue weighted by Crippen LogP contribution is -2.37.